The molecular weight excluding hydrogens is 328 g/mol. The van der Waals surface area contributed by atoms with Crippen LogP contribution in [0.1, 0.15) is 39.9 Å². The van der Waals surface area contributed by atoms with Gasteiger partial charge in [-0.3, -0.25) is 0 Å². The van der Waals surface area contributed by atoms with Crippen molar-refractivity contribution >= 4 is 19.1 Å². The minimum absolute atomic E-state index is 0.000291. The van der Waals surface area contributed by atoms with E-state index in [1.807, 2.05) is 24.3 Å². The summed E-state index contributed by atoms with van der Waals surface area (Å²) in [6, 6.07) is 7.71. The predicted octanol–water partition coefficient (Wildman–Crippen LogP) is 6.29. The van der Waals surface area contributed by atoms with Gasteiger partial charge in [0.15, 0.2) is 8.32 Å². The molecule has 0 unspecified atom stereocenters. The first-order valence-electron chi connectivity index (χ1n) is 9.06. The van der Waals surface area contributed by atoms with Crippen molar-refractivity contribution in [2.24, 2.45) is 5.92 Å². The Morgan fingerprint density at radius 3 is 2.44 bits per heavy atom. The summed E-state index contributed by atoms with van der Waals surface area (Å²) in [5, 5.41) is 11.9. The third-order valence-electron chi connectivity index (χ3n) is 6.02. The quantitative estimate of drug-likeness (QED) is 0.444. The molecule has 1 aromatic carbocycles. The molecule has 1 aromatic heterocycles. The van der Waals surface area contributed by atoms with E-state index in [0.717, 1.165) is 34.9 Å². The van der Waals surface area contributed by atoms with E-state index in [-0.39, 0.29) is 11.0 Å². The van der Waals surface area contributed by atoms with Crippen molar-refractivity contribution in [3.05, 3.63) is 42.2 Å². The molecule has 138 valence electrons. The second kappa shape index (κ2) is 7.38. The number of hydrogen-bond donors (Lipinski definition) is 1. The van der Waals surface area contributed by atoms with E-state index in [2.05, 4.69) is 47.4 Å². The van der Waals surface area contributed by atoms with E-state index in [0.29, 0.717) is 12.5 Å². The Morgan fingerprint density at radius 1 is 1.24 bits per heavy atom. The molecule has 25 heavy (non-hydrogen) atoms. The summed E-state index contributed by atoms with van der Waals surface area (Å²) >= 11 is 0. The zero-order chi connectivity index (χ0) is 18.8. The number of hydrogen-bond acceptors (Lipinski definition) is 3. The van der Waals surface area contributed by atoms with Gasteiger partial charge in [-0.25, -0.2) is 0 Å². The number of furan rings is 1. The Labute approximate surface area is 152 Å². The molecule has 0 spiro atoms. The standard InChI is InChI=1S/C21H32O3Si/c1-15(2)21(4,5)25(6,7)23-14-16(3)12-13-19-17-10-8-9-11-18(17)20(22)24-19/h8-11,15,22H,3,12-14H2,1-2,4-7H3. The van der Waals surface area contributed by atoms with Gasteiger partial charge >= 0.3 is 0 Å². The first kappa shape index (κ1) is 19.8. The fourth-order valence-electron chi connectivity index (χ4n) is 2.85. The van der Waals surface area contributed by atoms with E-state index in [1.165, 1.54) is 0 Å². The first-order chi connectivity index (χ1) is 11.6. The lowest BCUT2D eigenvalue weighted by atomic mass is 9.99. The minimum Gasteiger partial charge on any atom is -0.480 e. The molecule has 0 atom stereocenters. The highest BCUT2D eigenvalue weighted by Gasteiger charge is 2.43. The van der Waals surface area contributed by atoms with Crippen molar-refractivity contribution in [3.8, 4) is 5.95 Å². The van der Waals surface area contributed by atoms with Crippen molar-refractivity contribution in [3.63, 3.8) is 0 Å². The minimum atomic E-state index is -1.83. The van der Waals surface area contributed by atoms with Crippen LogP contribution in [0.4, 0.5) is 0 Å². The molecule has 0 fully saturated rings. The van der Waals surface area contributed by atoms with E-state index in [1.54, 1.807) is 0 Å². The lowest BCUT2D eigenvalue weighted by Gasteiger charge is -2.42. The van der Waals surface area contributed by atoms with Crippen LogP contribution in [0.2, 0.25) is 18.1 Å². The smallest absolute Gasteiger partial charge is 0.290 e. The maximum absolute atomic E-state index is 9.90. The molecule has 0 amide bonds. The molecule has 2 rings (SSSR count). The van der Waals surface area contributed by atoms with Crippen LogP contribution in [0, 0.1) is 5.92 Å². The van der Waals surface area contributed by atoms with E-state index in [4.69, 9.17) is 8.84 Å². The normalized spacial score (nSPS) is 12.9. The fourth-order valence-corrected chi connectivity index (χ4v) is 5.18. The second-order valence-electron chi connectivity index (χ2n) is 8.30. The summed E-state index contributed by atoms with van der Waals surface area (Å²) in [6.07, 6.45) is 1.52. The molecule has 0 aliphatic rings. The third-order valence-corrected chi connectivity index (χ3v) is 10.6. The lowest BCUT2D eigenvalue weighted by Crippen LogP contribution is -2.45. The van der Waals surface area contributed by atoms with Crippen molar-refractivity contribution < 1.29 is 13.9 Å². The summed E-state index contributed by atoms with van der Waals surface area (Å²) in [6.45, 7) is 18.5. The van der Waals surface area contributed by atoms with Crippen molar-refractivity contribution in [2.75, 3.05) is 6.61 Å². The van der Waals surface area contributed by atoms with Gasteiger partial charge in [0, 0.05) is 11.8 Å². The first-order valence-corrected chi connectivity index (χ1v) is 12.0. The summed E-state index contributed by atoms with van der Waals surface area (Å²) < 4.78 is 11.9. The molecule has 1 heterocycles. The number of aryl methyl sites for hydroxylation is 1. The molecule has 0 saturated carbocycles. The monoisotopic (exact) mass is 360 g/mol. The lowest BCUT2D eigenvalue weighted by molar-refractivity contribution is 0.287. The van der Waals surface area contributed by atoms with Crippen LogP contribution in [0.25, 0.3) is 10.8 Å². The number of rotatable bonds is 8. The van der Waals surface area contributed by atoms with Crippen LogP contribution in [0.3, 0.4) is 0 Å². The van der Waals surface area contributed by atoms with E-state index in [9.17, 15) is 5.11 Å². The zero-order valence-electron chi connectivity index (χ0n) is 16.5. The predicted molar refractivity (Wildman–Crippen MR) is 108 cm³/mol. The number of benzene rings is 1. The van der Waals surface area contributed by atoms with Gasteiger partial charge in [-0.05, 0) is 36.5 Å². The maximum Gasteiger partial charge on any atom is 0.290 e. The van der Waals surface area contributed by atoms with Gasteiger partial charge in [0.25, 0.3) is 5.95 Å². The Kier molecular flexibility index (Phi) is 5.85. The van der Waals surface area contributed by atoms with Gasteiger partial charge in [-0.15, -0.1) is 0 Å². The molecule has 0 aliphatic carbocycles. The van der Waals surface area contributed by atoms with Crippen molar-refractivity contribution in [1.82, 2.24) is 0 Å². The summed E-state index contributed by atoms with van der Waals surface area (Å²) in [4.78, 5) is 0. The fraction of sp³-hybridized carbons (Fsp3) is 0.524. The van der Waals surface area contributed by atoms with Gasteiger partial charge < -0.3 is 13.9 Å². The Morgan fingerprint density at radius 2 is 1.84 bits per heavy atom. The average molecular weight is 361 g/mol. The largest absolute Gasteiger partial charge is 0.480 e. The number of fused-ring (bicyclic) bond motifs is 1. The van der Waals surface area contributed by atoms with Crippen LogP contribution in [-0.4, -0.2) is 20.0 Å². The molecule has 4 heteroatoms. The summed E-state index contributed by atoms with van der Waals surface area (Å²) in [5.41, 5.74) is 1.07. The molecule has 0 saturated heterocycles. The Bertz CT molecular complexity index is 741. The molecule has 0 radical (unpaired) electrons. The van der Waals surface area contributed by atoms with Crippen molar-refractivity contribution in [1.29, 1.82) is 0 Å². The second-order valence-corrected chi connectivity index (χ2v) is 12.9. The summed E-state index contributed by atoms with van der Waals surface area (Å²) in [5.74, 6) is 1.40. The molecule has 0 bridgehead atoms. The van der Waals surface area contributed by atoms with Gasteiger partial charge in [0.1, 0.15) is 5.76 Å². The Hall–Kier alpha value is -1.52. The van der Waals surface area contributed by atoms with Gasteiger partial charge in [0.2, 0.25) is 0 Å². The molecule has 0 aliphatic heterocycles. The van der Waals surface area contributed by atoms with Crippen LogP contribution >= 0.6 is 0 Å². The van der Waals surface area contributed by atoms with Gasteiger partial charge in [0.05, 0.1) is 12.0 Å². The molecule has 3 nitrogen and oxygen atoms in total. The highest BCUT2D eigenvalue weighted by Crippen LogP contribution is 2.44. The maximum atomic E-state index is 9.90. The average Bonchev–Trinajstić information content (AvgIpc) is 2.87. The molecule has 2 aromatic rings. The van der Waals surface area contributed by atoms with Crippen LogP contribution in [0.15, 0.2) is 40.8 Å². The van der Waals surface area contributed by atoms with Gasteiger partial charge in [-0.2, -0.15) is 0 Å². The number of aromatic hydroxyl groups is 1. The van der Waals surface area contributed by atoms with Crippen molar-refractivity contribution in [2.45, 2.75) is 58.7 Å². The van der Waals surface area contributed by atoms with E-state index < -0.39 is 8.32 Å². The topological polar surface area (TPSA) is 42.6 Å². The molecular formula is C21H32O3Si. The van der Waals surface area contributed by atoms with Crippen LogP contribution < -0.4 is 0 Å². The highest BCUT2D eigenvalue weighted by atomic mass is 28.4. The summed E-state index contributed by atoms with van der Waals surface area (Å²) in [7, 11) is -1.83. The molecule has 1 N–H and O–H groups in total. The van der Waals surface area contributed by atoms with E-state index >= 15 is 0 Å². The Balaban J connectivity index is 1.95. The van der Waals surface area contributed by atoms with Gasteiger partial charge in [-0.1, -0.05) is 58.0 Å². The highest BCUT2D eigenvalue weighted by molar-refractivity contribution is 6.74. The van der Waals surface area contributed by atoms with Crippen LogP contribution in [0.5, 0.6) is 5.95 Å². The third kappa shape index (κ3) is 4.18. The SMILES string of the molecule is C=C(CCc1oc(O)c2ccccc12)CO[Si](C)(C)C(C)(C)C(C)C. The zero-order valence-corrected chi connectivity index (χ0v) is 17.5. The van der Waals surface area contributed by atoms with Crippen LogP contribution in [-0.2, 0) is 10.8 Å².